The van der Waals surface area contributed by atoms with Crippen molar-refractivity contribution in [3.05, 3.63) is 65.2 Å². The lowest BCUT2D eigenvalue weighted by Gasteiger charge is -2.08. The minimum atomic E-state index is -0.124. The van der Waals surface area contributed by atoms with Crippen molar-refractivity contribution in [2.24, 2.45) is 4.99 Å². The van der Waals surface area contributed by atoms with Crippen LogP contribution in [-0.4, -0.2) is 22.2 Å². The Bertz CT molecular complexity index is 1110. The van der Waals surface area contributed by atoms with Crippen molar-refractivity contribution in [2.45, 2.75) is 26.8 Å². The number of aromatic nitrogens is 1. The van der Waals surface area contributed by atoms with Crippen LogP contribution in [0.25, 0.3) is 17.0 Å². The molecule has 0 aliphatic carbocycles. The van der Waals surface area contributed by atoms with Gasteiger partial charge in [0, 0.05) is 28.7 Å². The molecule has 0 atom stereocenters. The first-order chi connectivity index (χ1) is 14.0. The lowest BCUT2D eigenvalue weighted by Crippen LogP contribution is -2.19. The van der Waals surface area contributed by atoms with E-state index in [9.17, 15) is 4.79 Å². The minimum absolute atomic E-state index is 0.124. The normalized spacial score (nSPS) is 16.9. The highest BCUT2D eigenvalue weighted by molar-refractivity contribution is 8.18. The van der Waals surface area contributed by atoms with Gasteiger partial charge in [-0.25, -0.2) is 4.99 Å². The zero-order valence-electron chi connectivity index (χ0n) is 16.7. The lowest BCUT2D eigenvalue weighted by atomic mass is 10.1. The highest BCUT2D eigenvalue weighted by Crippen LogP contribution is 2.32. The third-order valence-electron chi connectivity index (χ3n) is 4.64. The van der Waals surface area contributed by atoms with Gasteiger partial charge in [-0.15, -0.1) is 0 Å². The molecule has 1 aromatic heterocycles. The maximum absolute atomic E-state index is 12.5. The van der Waals surface area contributed by atoms with Crippen molar-refractivity contribution in [3.8, 4) is 5.75 Å². The predicted octanol–water partition coefficient (Wildman–Crippen LogP) is 5.51. The number of rotatable bonds is 5. The second-order valence-corrected chi connectivity index (χ2v) is 8.04. The molecule has 1 saturated heterocycles. The Morgan fingerprint density at radius 1 is 1.17 bits per heavy atom. The Morgan fingerprint density at radius 2 is 1.93 bits per heavy atom. The zero-order valence-corrected chi connectivity index (χ0v) is 17.5. The molecule has 1 N–H and O–H groups in total. The fourth-order valence-electron chi connectivity index (χ4n) is 3.30. The van der Waals surface area contributed by atoms with E-state index in [-0.39, 0.29) is 5.91 Å². The molecule has 1 fully saturated rings. The number of amidine groups is 1. The second kappa shape index (κ2) is 8.17. The van der Waals surface area contributed by atoms with Crippen LogP contribution in [0.15, 0.2) is 64.6 Å². The van der Waals surface area contributed by atoms with Crippen LogP contribution in [0, 0.1) is 0 Å². The van der Waals surface area contributed by atoms with Gasteiger partial charge in [0.15, 0.2) is 5.17 Å². The van der Waals surface area contributed by atoms with Gasteiger partial charge in [-0.05, 0) is 68.9 Å². The number of carbonyl (C=O) groups excluding carboxylic acids is 1. The summed E-state index contributed by atoms with van der Waals surface area (Å²) in [5.74, 6) is 0.683. The number of para-hydroxylation sites is 1. The first-order valence-corrected chi connectivity index (χ1v) is 10.5. The fraction of sp³-hybridized carbons (Fsp3) is 0.217. The third kappa shape index (κ3) is 4.07. The monoisotopic (exact) mass is 405 g/mol. The van der Waals surface area contributed by atoms with Crippen LogP contribution in [0.1, 0.15) is 32.4 Å². The van der Waals surface area contributed by atoms with Crippen LogP contribution >= 0.6 is 11.8 Å². The molecule has 6 heteroatoms. The molecule has 0 radical (unpaired) electrons. The van der Waals surface area contributed by atoms with E-state index in [1.54, 1.807) is 0 Å². The highest BCUT2D eigenvalue weighted by atomic mass is 32.2. The van der Waals surface area contributed by atoms with Gasteiger partial charge >= 0.3 is 0 Å². The number of thioether (sulfide) groups is 1. The Morgan fingerprint density at radius 3 is 2.66 bits per heavy atom. The van der Waals surface area contributed by atoms with Crippen LogP contribution in [0.3, 0.4) is 0 Å². The molecule has 4 rings (SSSR count). The number of hydrogen-bond donors (Lipinski definition) is 1. The maximum atomic E-state index is 12.5. The van der Waals surface area contributed by atoms with Crippen molar-refractivity contribution in [1.82, 2.24) is 9.88 Å². The molecule has 0 spiro atoms. The van der Waals surface area contributed by atoms with Crippen LogP contribution in [-0.2, 0) is 4.79 Å². The zero-order chi connectivity index (χ0) is 20.4. The van der Waals surface area contributed by atoms with Crippen molar-refractivity contribution in [3.63, 3.8) is 0 Å². The van der Waals surface area contributed by atoms with E-state index in [2.05, 4.69) is 47.1 Å². The summed E-state index contributed by atoms with van der Waals surface area (Å²) >= 11 is 1.36. The van der Waals surface area contributed by atoms with Gasteiger partial charge in [0.25, 0.3) is 5.91 Å². The van der Waals surface area contributed by atoms with E-state index in [1.807, 2.05) is 49.4 Å². The average molecular weight is 406 g/mol. The topological polar surface area (TPSA) is 55.6 Å². The number of fused-ring (bicyclic) bond motifs is 1. The Hall–Kier alpha value is -2.99. The van der Waals surface area contributed by atoms with E-state index in [1.165, 1.54) is 17.3 Å². The molecular weight excluding hydrogens is 382 g/mol. The lowest BCUT2D eigenvalue weighted by molar-refractivity contribution is -0.115. The number of nitrogens with zero attached hydrogens (tertiary/aromatic N) is 2. The summed E-state index contributed by atoms with van der Waals surface area (Å²) in [6, 6.07) is 16.1. The Kier molecular flexibility index (Phi) is 5.45. The number of carbonyl (C=O) groups is 1. The molecule has 0 unspecified atom stereocenters. The Balaban J connectivity index is 1.61. The van der Waals surface area contributed by atoms with Crippen LogP contribution in [0.2, 0.25) is 0 Å². The van der Waals surface area contributed by atoms with E-state index in [0.29, 0.717) is 22.7 Å². The second-order valence-electron chi connectivity index (χ2n) is 7.01. The predicted molar refractivity (Wildman–Crippen MR) is 121 cm³/mol. The maximum Gasteiger partial charge on any atom is 0.264 e. The molecule has 5 nitrogen and oxygen atoms in total. The van der Waals surface area contributed by atoms with Crippen molar-refractivity contribution < 1.29 is 9.53 Å². The summed E-state index contributed by atoms with van der Waals surface area (Å²) in [5, 5.41) is 4.58. The minimum Gasteiger partial charge on any atom is -0.494 e. The molecule has 0 saturated carbocycles. The highest BCUT2D eigenvalue weighted by Gasteiger charge is 2.24. The smallest absolute Gasteiger partial charge is 0.264 e. The number of benzene rings is 2. The molecule has 29 heavy (non-hydrogen) atoms. The molecule has 2 heterocycles. The summed E-state index contributed by atoms with van der Waals surface area (Å²) in [6.45, 7) is 6.89. The van der Waals surface area contributed by atoms with Crippen molar-refractivity contribution >= 4 is 45.5 Å². The SMILES string of the molecule is CCOc1ccc(N=C2NC(=O)/C(=C\c3cn(C(C)C)c4ccccc34)S2)cc1. The molecule has 1 aliphatic heterocycles. The van der Waals surface area contributed by atoms with Gasteiger partial charge in [0.2, 0.25) is 0 Å². The Labute approximate surface area is 174 Å². The van der Waals surface area contributed by atoms with Crippen LogP contribution < -0.4 is 10.1 Å². The van der Waals surface area contributed by atoms with E-state index in [0.717, 1.165) is 22.4 Å². The average Bonchev–Trinajstić information content (AvgIpc) is 3.24. The van der Waals surface area contributed by atoms with E-state index in [4.69, 9.17) is 4.74 Å². The third-order valence-corrected chi connectivity index (χ3v) is 5.55. The molecule has 0 bridgehead atoms. The summed E-state index contributed by atoms with van der Waals surface area (Å²) in [7, 11) is 0. The fourth-order valence-corrected chi connectivity index (χ4v) is 4.13. The quantitative estimate of drug-likeness (QED) is 0.569. The van der Waals surface area contributed by atoms with Gasteiger partial charge in [0.05, 0.1) is 17.2 Å². The van der Waals surface area contributed by atoms with Crippen LogP contribution in [0.5, 0.6) is 5.75 Å². The summed E-state index contributed by atoms with van der Waals surface area (Å²) in [5.41, 5.74) is 2.98. The van der Waals surface area contributed by atoms with Gasteiger partial charge in [-0.3, -0.25) is 4.79 Å². The standard InChI is InChI=1S/C23H23N3O2S/c1-4-28-18-11-9-17(10-12-18)24-23-25-22(27)21(29-23)13-16-14-26(15(2)3)20-8-6-5-7-19(16)20/h5-15H,4H2,1-3H3,(H,24,25,27)/b21-13+. The number of aliphatic imine (C=N–C) groups is 1. The van der Waals surface area contributed by atoms with E-state index < -0.39 is 0 Å². The van der Waals surface area contributed by atoms with Gasteiger partial charge in [-0.1, -0.05) is 18.2 Å². The summed E-state index contributed by atoms with van der Waals surface area (Å²) < 4.78 is 7.68. The molecule has 1 amide bonds. The number of hydrogen-bond acceptors (Lipinski definition) is 4. The molecule has 3 aromatic rings. The van der Waals surface area contributed by atoms with Gasteiger partial charge in [0.1, 0.15) is 5.75 Å². The van der Waals surface area contributed by atoms with Gasteiger partial charge < -0.3 is 14.6 Å². The molecule has 2 aromatic carbocycles. The summed E-state index contributed by atoms with van der Waals surface area (Å²) in [4.78, 5) is 17.7. The number of nitrogens with one attached hydrogen (secondary N) is 1. The molecule has 148 valence electrons. The van der Waals surface area contributed by atoms with Gasteiger partial charge in [-0.2, -0.15) is 0 Å². The summed E-state index contributed by atoms with van der Waals surface area (Å²) in [6.07, 6.45) is 4.06. The number of ether oxygens (including phenoxy) is 1. The van der Waals surface area contributed by atoms with Crippen LogP contribution in [0.4, 0.5) is 5.69 Å². The van der Waals surface area contributed by atoms with Crippen molar-refractivity contribution in [1.29, 1.82) is 0 Å². The molecular formula is C23H23N3O2S. The largest absolute Gasteiger partial charge is 0.494 e. The molecule has 1 aliphatic rings. The van der Waals surface area contributed by atoms with E-state index >= 15 is 0 Å². The first-order valence-electron chi connectivity index (χ1n) is 9.67. The number of amides is 1. The first kappa shape index (κ1) is 19.3. The van der Waals surface area contributed by atoms with Crippen molar-refractivity contribution in [2.75, 3.05) is 6.61 Å².